The van der Waals surface area contributed by atoms with Crippen molar-refractivity contribution in [2.45, 2.75) is 38.7 Å². The van der Waals surface area contributed by atoms with Crippen molar-refractivity contribution in [3.63, 3.8) is 0 Å². The molecule has 1 aromatic carbocycles. The van der Waals surface area contributed by atoms with E-state index >= 15 is 0 Å². The predicted octanol–water partition coefficient (Wildman–Crippen LogP) is 3.05. The molecule has 18 heavy (non-hydrogen) atoms. The van der Waals surface area contributed by atoms with E-state index in [2.05, 4.69) is 13.8 Å². The van der Waals surface area contributed by atoms with E-state index in [1.807, 2.05) is 18.2 Å². The van der Waals surface area contributed by atoms with Crippen LogP contribution in [0.5, 0.6) is 5.75 Å². The van der Waals surface area contributed by atoms with Crippen LogP contribution in [0.25, 0.3) is 0 Å². The van der Waals surface area contributed by atoms with E-state index in [1.165, 1.54) is 0 Å². The molecule has 1 aliphatic rings. The van der Waals surface area contributed by atoms with Gasteiger partial charge in [-0.2, -0.15) is 0 Å². The van der Waals surface area contributed by atoms with E-state index in [4.69, 9.17) is 4.74 Å². The minimum absolute atomic E-state index is 0.0231. The molecule has 0 bridgehead atoms. The fourth-order valence-corrected chi connectivity index (χ4v) is 1.95. The summed E-state index contributed by atoms with van der Waals surface area (Å²) in [6, 6.07) is 5.89. The van der Waals surface area contributed by atoms with Crippen molar-refractivity contribution in [1.29, 1.82) is 0 Å². The van der Waals surface area contributed by atoms with Crippen molar-refractivity contribution in [3.05, 3.63) is 29.3 Å². The van der Waals surface area contributed by atoms with Gasteiger partial charge >= 0.3 is 0 Å². The Morgan fingerprint density at radius 2 is 2.00 bits per heavy atom. The topological polar surface area (TPSA) is 29.5 Å². The number of ether oxygens (including phenoxy) is 1. The molecule has 0 aliphatic heterocycles. The maximum absolute atomic E-state index is 12.3. The predicted molar refractivity (Wildman–Crippen MR) is 72.2 cm³/mol. The lowest BCUT2D eigenvalue weighted by atomic mass is 9.95. The van der Waals surface area contributed by atoms with Gasteiger partial charge in [-0.3, -0.25) is 4.79 Å². The van der Waals surface area contributed by atoms with Gasteiger partial charge in [-0.25, -0.2) is 0 Å². The van der Waals surface area contributed by atoms with Crippen LogP contribution in [0.3, 0.4) is 0 Å². The molecule has 0 heterocycles. The Labute approximate surface area is 109 Å². The molecule has 0 spiro atoms. The molecule has 1 saturated carbocycles. The SMILES string of the molecule is CC(C)c1cccc(OC2CC2)c1C(=O)N(C)C. The Balaban J connectivity index is 2.43. The van der Waals surface area contributed by atoms with Gasteiger partial charge in [0, 0.05) is 14.1 Å². The van der Waals surface area contributed by atoms with Gasteiger partial charge in [-0.15, -0.1) is 0 Å². The average Bonchev–Trinajstić information content (AvgIpc) is 3.11. The third kappa shape index (κ3) is 2.66. The Hall–Kier alpha value is -1.51. The van der Waals surface area contributed by atoms with Crippen LogP contribution in [0.1, 0.15) is 48.5 Å². The first kappa shape index (κ1) is 12.9. The molecule has 0 aromatic heterocycles. The maximum Gasteiger partial charge on any atom is 0.257 e. The summed E-state index contributed by atoms with van der Waals surface area (Å²) in [5.41, 5.74) is 1.79. The first-order chi connectivity index (χ1) is 8.50. The van der Waals surface area contributed by atoms with Gasteiger partial charge in [0.1, 0.15) is 5.75 Å². The molecule has 0 unspecified atom stereocenters. The summed E-state index contributed by atoms with van der Waals surface area (Å²) in [5, 5.41) is 0. The van der Waals surface area contributed by atoms with E-state index in [0.29, 0.717) is 12.0 Å². The molecule has 0 N–H and O–H groups in total. The van der Waals surface area contributed by atoms with Crippen LogP contribution < -0.4 is 4.74 Å². The number of nitrogens with zero attached hydrogens (tertiary/aromatic N) is 1. The van der Waals surface area contributed by atoms with Gasteiger partial charge in [0.25, 0.3) is 5.91 Å². The Morgan fingerprint density at radius 1 is 1.33 bits per heavy atom. The zero-order valence-corrected chi connectivity index (χ0v) is 11.6. The normalized spacial score (nSPS) is 14.7. The van der Waals surface area contributed by atoms with Crippen molar-refractivity contribution >= 4 is 5.91 Å². The highest BCUT2D eigenvalue weighted by Crippen LogP contribution is 2.33. The Kier molecular flexibility index (Phi) is 3.60. The number of carbonyl (C=O) groups excluding carboxylic acids is 1. The summed E-state index contributed by atoms with van der Waals surface area (Å²) < 4.78 is 5.87. The Bertz CT molecular complexity index is 448. The van der Waals surface area contributed by atoms with Crippen molar-refractivity contribution in [1.82, 2.24) is 4.90 Å². The van der Waals surface area contributed by atoms with Gasteiger partial charge in [0.05, 0.1) is 11.7 Å². The number of benzene rings is 1. The molecule has 0 atom stereocenters. The number of amides is 1. The van der Waals surface area contributed by atoms with Crippen LogP contribution >= 0.6 is 0 Å². The van der Waals surface area contributed by atoms with E-state index in [-0.39, 0.29) is 5.91 Å². The van der Waals surface area contributed by atoms with Crippen molar-refractivity contribution in [2.75, 3.05) is 14.1 Å². The van der Waals surface area contributed by atoms with Gasteiger partial charge in [0.2, 0.25) is 0 Å². The third-order valence-corrected chi connectivity index (χ3v) is 3.12. The number of carbonyl (C=O) groups is 1. The van der Waals surface area contributed by atoms with Crippen LogP contribution in [0.4, 0.5) is 0 Å². The highest BCUT2D eigenvalue weighted by Gasteiger charge is 2.27. The molecule has 0 saturated heterocycles. The smallest absolute Gasteiger partial charge is 0.257 e. The van der Waals surface area contributed by atoms with Crippen LogP contribution in [0.2, 0.25) is 0 Å². The largest absolute Gasteiger partial charge is 0.490 e. The van der Waals surface area contributed by atoms with Gasteiger partial charge in [0.15, 0.2) is 0 Å². The van der Waals surface area contributed by atoms with Crippen LogP contribution in [-0.4, -0.2) is 31.0 Å². The quantitative estimate of drug-likeness (QED) is 0.818. The second-order valence-electron chi connectivity index (χ2n) is 5.39. The maximum atomic E-state index is 12.3. The molecule has 3 nitrogen and oxygen atoms in total. The molecule has 98 valence electrons. The van der Waals surface area contributed by atoms with Crippen molar-refractivity contribution < 1.29 is 9.53 Å². The highest BCUT2D eigenvalue weighted by atomic mass is 16.5. The molecule has 2 rings (SSSR count). The zero-order chi connectivity index (χ0) is 13.3. The zero-order valence-electron chi connectivity index (χ0n) is 11.6. The molecule has 1 fully saturated rings. The van der Waals surface area contributed by atoms with E-state index in [0.717, 1.165) is 29.7 Å². The first-order valence-corrected chi connectivity index (χ1v) is 6.52. The molecular weight excluding hydrogens is 226 g/mol. The lowest BCUT2D eigenvalue weighted by Gasteiger charge is -2.19. The molecular formula is C15H21NO2. The molecule has 3 heteroatoms. The molecule has 1 aromatic rings. The van der Waals surface area contributed by atoms with Crippen LogP contribution in [-0.2, 0) is 0 Å². The van der Waals surface area contributed by atoms with Gasteiger partial charge in [-0.1, -0.05) is 26.0 Å². The number of hydrogen-bond donors (Lipinski definition) is 0. The van der Waals surface area contributed by atoms with E-state index < -0.39 is 0 Å². The average molecular weight is 247 g/mol. The van der Waals surface area contributed by atoms with Gasteiger partial charge < -0.3 is 9.64 Å². The van der Waals surface area contributed by atoms with Crippen LogP contribution in [0.15, 0.2) is 18.2 Å². The number of rotatable bonds is 4. The van der Waals surface area contributed by atoms with Crippen molar-refractivity contribution in [2.24, 2.45) is 0 Å². The second-order valence-corrected chi connectivity index (χ2v) is 5.39. The summed E-state index contributed by atoms with van der Waals surface area (Å²) in [7, 11) is 3.56. The summed E-state index contributed by atoms with van der Waals surface area (Å²) in [4.78, 5) is 14.0. The molecule has 1 amide bonds. The third-order valence-electron chi connectivity index (χ3n) is 3.12. The molecule has 1 aliphatic carbocycles. The first-order valence-electron chi connectivity index (χ1n) is 6.52. The second kappa shape index (κ2) is 5.01. The fraction of sp³-hybridized carbons (Fsp3) is 0.533. The highest BCUT2D eigenvalue weighted by molar-refractivity contribution is 5.98. The lowest BCUT2D eigenvalue weighted by molar-refractivity contribution is 0.0821. The number of hydrogen-bond acceptors (Lipinski definition) is 2. The summed E-state index contributed by atoms with van der Waals surface area (Å²) >= 11 is 0. The molecule has 0 radical (unpaired) electrons. The summed E-state index contributed by atoms with van der Waals surface area (Å²) in [5.74, 6) is 1.07. The van der Waals surface area contributed by atoms with Gasteiger partial charge in [-0.05, 0) is 30.4 Å². The summed E-state index contributed by atoms with van der Waals surface area (Å²) in [6.07, 6.45) is 2.50. The van der Waals surface area contributed by atoms with Crippen LogP contribution in [0, 0.1) is 0 Å². The van der Waals surface area contributed by atoms with E-state index in [9.17, 15) is 4.79 Å². The van der Waals surface area contributed by atoms with Crippen molar-refractivity contribution in [3.8, 4) is 5.75 Å². The minimum atomic E-state index is 0.0231. The summed E-state index contributed by atoms with van der Waals surface area (Å²) in [6.45, 7) is 4.20. The van der Waals surface area contributed by atoms with E-state index in [1.54, 1.807) is 19.0 Å². The monoisotopic (exact) mass is 247 g/mol. The lowest BCUT2D eigenvalue weighted by Crippen LogP contribution is -2.24. The fourth-order valence-electron chi connectivity index (χ4n) is 1.95. The standard InChI is InChI=1S/C15H21NO2/c1-10(2)12-6-5-7-13(18-11-8-9-11)14(12)15(17)16(3)4/h5-7,10-11H,8-9H2,1-4H3. The minimum Gasteiger partial charge on any atom is -0.490 e. The Morgan fingerprint density at radius 3 is 2.50 bits per heavy atom.